The van der Waals surface area contributed by atoms with E-state index in [-0.39, 0.29) is 26.5 Å². The van der Waals surface area contributed by atoms with E-state index in [0.717, 1.165) is 33.3 Å². The van der Waals surface area contributed by atoms with Gasteiger partial charge in [-0.15, -0.1) is 35.7 Å². The van der Waals surface area contributed by atoms with Crippen molar-refractivity contribution in [2.45, 2.75) is 26.2 Å². The largest absolute Gasteiger partial charge is 2.00 e. The SMILES string of the molecule is CC(C)(C)c1ccnc(-n2c3[c-]c(Oc4[c-]c(N5C=CC=CC=N5)ccc4)ccc3c3ccccc32)c1.[Pt+2]. The molecule has 0 atom stereocenters. The van der Waals surface area contributed by atoms with Crippen LogP contribution in [-0.2, 0) is 26.5 Å². The van der Waals surface area contributed by atoms with E-state index in [1.165, 1.54) is 5.56 Å². The van der Waals surface area contributed by atoms with Gasteiger partial charge in [0.25, 0.3) is 0 Å². The molecule has 6 heteroatoms. The molecule has 0 bridgehead atoms. The molecule has 0 saturated heterocycles. The molecule has 1 aliphatic heterocycles. The van der Waals surface area contributed by atoms with Gasteiger partial charge in [-0.1, -0.05) is 50.6 Å². The third-order valence-corrected chi connectivity index (χ3v) is 6.34. The fourth-order valence-corrected chi connectivity index (χ4v) is 4.46. The number of anilines is 1. The molecule has 1 aliphatic rings. The molecule has 6 rings (SSSR count). The summed E-state index contributed by atoms with van der Waals surface area (Å²) in [6.45, 7) is 6.64. The number of pyridine rings is 1. The second-order valence-electron chi connectivity index (χ2n) is 9.93. The first-order chi connectivity index (χ1) is 18.0. The van der Waals surface area contributed by atoms with Crippen molar-refractivity contribution in [3.8, 4) is 17.3 Å². The molecule has 0 unspecified atom stereocenters. The van der Waals surface area contributed by atoms with Crippen molar-refractivity contribution in [3.05, 3.63) is 115 Å². The fourth-order valence-electron chi connectivity index (χ4n) is 4.46. The third kappa shape index (κ3) is 4.94. The summed E-state index contributed by atoms with van der Waals surface area (Å²) < 4.78 is 8.41. The minimum Gasteiger partial charge on any atom is -0.509 e. The Morgan fingerprint density at radius 2 is 1.66 bits per heavy atom. The van der Waals surface area contributed by atoms with E-state index in [2.05, 4.69) is 85.0 Å². The van der Waals surface area contributed by atoms with Crippen molar-refractivity contribution >= 4 is 33.7 Å². The summed E-state index contributed by atoms with van der Waals surface area (Å²) in [7, 11) is 0. The van der Waals surface area contributed by atoms with Crippen LogP contribution in [-0.4, -0.2) is 15.8 Å². The van der Waals surface area contributed by atoms with Crippen LogP contribution < -0.4 is 9.75 Å². The number of rotatable bonds is 4. The van der Waals surface area contributed by atoms with Crippen LogP contribution in [0.1, 0.15) is 26.3 Å². The maximum atomic E-state index is 6.25. The normalized spacial score (nSPS) is 13.1. The topological polar surface area (TPSA) is 42.6 Å². The van der Waals surface area contributed by atoms with Gasteiger partial charge in [0.1, 0.15) is 5.82 Å². The Morgan fingerprint density at radius 1 is 0.816 bits per heavy atom. The summed E-state index contributed by atoms with van der Waals surface area (Å²) in [6.07, 6.45) is 11.2. The maximum absolute atomic E-state index is 6.25. The Morgan fingerprint density at radius 3 is 2.53 bits per heavy atom. The summed E-state index contributed by atoms with van der Waals surface area (Å²) in [5, 5.41) is 8.41. The first-order valence-electron chi connectivity index (χ1n) is 12.3. The quantitative estimate of drug-likeness (QED) is 0.183. The van der Waals surface area contributed by atoms with Crippen LogP contribution in [0.15, 0.2) is 102 Å². The van der Waals surface area contributed by atoms with Gasteiger partial charge >= 0.3 is 21.1 Å². The van der Waals surface area contributed by atoms with Crippen molar-refractivity contribution in [2.75, 3.05) is 5.01 Å². The van der Waals surface area contributed by atoms with Gasteiger partial charge in [0.2, 0.25) is 0 Å². The van der Waals surface area contributed by atoms with Gasteiger partial charge in [0.15, 0.2) is 0 Å². The molecule has 0 fully saturated rings. The molecule has 38 heavy (non-hydrogen) atoms. The Hall–Kier alpha value is -3.95. The standard InChI is InChI=1S/C32H26N4O.Pt/c1-32(2,3)23-16-18-33-31(20-23)36-29-13-6-5-12-27(29)28-15-14-26(22-30(28)36)37-25-11-9-10-24(21-25)35-19-8-4-7-17-34-35;/h4-20H,1-3H3;/q-2;+2. The summed E-state index contributed by atoms with van der Waals surface area (Å²) in [5.41, 5.74) is 4.02. The van der Waals surface area contributed by atoms with Crippen LogP contribution >= 0.6 is 0 Å². The van der Waals surface area contributed by atoms with Crippen molar-refractivity contribution < 1.29 is 25.8 Å². The zero-order valence-electron chi connectivity index (χ0n) is 21.3. The minimum absolute atomic E-state index is 0. The van der Waals surface area contributed by atoms with Crippen LogP contribution in [0.25, 0.3) is 27.6 Å². The summed E-state index contributed by atoms with van der Waals surface area (Å²) in [5.74, 6) is 2.05. The molecule has 0 aliphatic carbocycles. The van der Waals surface area contributed by atoms with Gasteiger partial charge in [0, 0.05) is 35.6 Å². The predicted octanol–water partition coefficient (Wildman–Crippen LogP) is 7.74. The van der Waals surface area contributed by atoms with Gasteiger partial charge < -0.3 is 9.30 Å². The predicted molar refractivity (Wildman–Crippen MR) is 151 cm³/mol. The molecule has 2 aromatic heterocycles. The number of hydrazone groups is 1. The Bertz CT molecular complexity index is 1690. The molecule has 0 radical (unpaired) electrons. The van der Waals surface area contributed by atoms with Crippen LogP contribution in [0.5, 0.6) is 11.5 Å². The van der Waals surface area contributed by atoms with E-state index in [1.54, 1.807) is 11.2 Å². The van der Waals surface area contributed by atoms with E-state index in [1.807, 2.05) is 54.9 Å². The number of aromatic nitrogens is 2. The smallest absolute Gasteiger partial charge is 0.509 e. The second kappa shape index (κ2) is 10.4. The van der Waals surface area contributed by atoms with Gasteiger partial charge in [-0.25, -0.2) is 4.98 Å². The Balaban J connectivity index is 0.00000294. The monoisotopic (exact) mass is 677 g/mol. The zero-order chi connectivity index (χ0) is 25.4. The number of hydrogen-bond donors (Lipinski definition) is 0. The zero-order valence-corrected chi connectivity index (χ0v) is 23.6. The van der Waals surface area contributed by atoms with E-state index in [9.17, 15) is 0 Å². The van der Waals surface area contributed by atoms with Crippen molar-refractivity contribution in [3.63, 3.8) is 0 Å². The summed E-state index contributed by atoms with van der Waals surface area (Å²) in [4.78, 5) is 4.75. The number of allylic oxidation sites excluding steroid dienone is 3. The molecule has 0 N–H and O–H groups in total. The van der Waals surface area contributed by atoms with Crippen LogP contribution in [0.3, 0.4) is 0 Å². The van der Waals surface area contributed by atoms with Crippen molar-refractivity contribution in [2.24, 2.45) is 5.10 Å². The van der Waals surface area contributed by atoms with Crippen molar-refractivity contribution in [1.29, 1.82) is 0 Å². The van der Waals surface area contributed by atoms with E-state index >= 15 is 0 Å². The molecular weight excluding hydrogens is 651 g/mol. The molecular formula is C32H26N4OPt. The number of hydrogen-bond acceptors (Lipinski definition) is 4. The minimum atomic E-state index is 0. The number of fused-ring (bicyclic) bond motifs is 3. The van der Waals surface area contributed by atoms with E-state index < -0.39 is 0 Å². The van der Waals surface area contributed by atoms with Gasteiger partial charge in [0.05, 0.1) is 0 Å². The number of benzene rings is 3. The fraction of sp³-hybridized carbons (Fsp3) is 0.125. The first-order valence-corrected chi connectivity index (χ1v) is 12.3. The second-order valence-corrected chi connectivity index (χ2v) is 9.93. The van der Waals surface area contributed by atoms with Crippen LogP contribution in [0.4, 0.5) is 5.69 Å². The summed E-state index contributed by atoms with van der Waals surface area (Å²) >= 11 is 0. The van der Waals surface area contributed by atoms with Gasteiger partial charge in [-0.2, -0.15) is 17.2 Å². The molecule has 0 spiro atoms. The average molecular weight is 678 g/mol. The molecule has 0 amide bonds. The molecule has 190 valence electrons. The van der Waals surface area contributed by atoms with Crippen LogP contribution in [0, 0.1) is 12.1 Å². The third-order valence-electron chi connectivity index (χ3n) is 6.34. The maximum Gasteiger partial charge on any atom is 2.00 e. The molecule has 3 heterocycles. The molecule has 0 saturated carbocycles. The molecule has 5 aromatic rings. The molecule has 3 aromatic carbocycles. The number of nitrogens with zero attached hydrogens (tertiary/aromatic N) is 4. The van der Waals surface area contributed by atoms with Gasteiger partial charge in [-0.3, -0.25) is 5.01 Å². The van der Waals surface area contributed by atoms with Crippen LogP contribution in [0.2, 0.25) is 0 Å². The first kappa shape index (κ1) is 25.7. The summed E-state index contributed by atoms with van der Waals surface area (Å²) in [6, 6.07) is 29.2. The van der Waals surface area contributed by atoms with E-state index in [4.69, 9.17) is 9.72 Å². The average Bonchev–Trinajstić information content (AvgIpc) is 3.03. The van der Waals surface area contributed by atoms with E-state index in [0.29, 0.717) is 11.5 Å². The Kier molecular flexibility index (Phi) is 7.05. The number of ether oxygens (including phenoxy) is 1. The Labute approximate surface area is 237 Å². The molecule has 5 nitrogen and oxygen atoms in total. The number of para-hydroxylation sites is 1. The van der Waals surface area contributed by atoms with Gasteiger partial charge in [-0.05, 0) is 52.4 Å². The van der Waals surface area contributed by atoms with Crippen molar-refractivity contribution in [1.82, 2.24) is 9.55 Å².